The lowest BCUT2D eigenvalue weighted by Crippen LogP contribution is -1.93. The van der Waals surface area contributed by atoms with Gasteiger partial charge in [-0.15, -0.1) is 0 Å². The number of hydrogen-bond donors (Lipinski definition) is 0. The molecule has 0 aromatic carbocycles. The van der Waals surface area contributed by atoms with E-state index in [2.05, 4.69) is 17.4 Å². The van der Waals surface area contributed by atoms with E-state index in [1.165, 1.54) is 0 Å². The molecule has 0 N–H and O–H groups in total. The Labute approximate surface area is 48.3 Å². The minimum atomic E-state index is -0.609. The molecule has 0 aliphatic carbocycles. The van der Waals surface area contributed by atoms with Crippen LogP contribution in [0.1, 0.15) is 13.3 Å². The molecule has 0 unspecified atom stereocenters. The summed E-state index contributed by atoms with van der Waals surface area (Å²) in [7, 11) is 0. The summed E-state index contributed by atoms with van der Waals surface area (Å²) in [6.45, 7) is 2.36. The summed E-state index contributed by atoms with van der Waals surface area (Å²) in [4.78, 5) is 9.80. The third-order valence-electron chi connectivity index (χ3n) is 0.424. The third-order valence-corrected chi connectivity index (χ3v) is 0.542. The van der Waals surface area contributed by atoms with Gasteiger partial charge in [0.25, 0.3) is 0 Å². The Balaban J connectivity index is 2.82. The van der Waals surface area contributed by atoms with Crippen LogP contribution in [0.5, 0.6) is 0 Å². The fourth-order valence-electron chi connectivity index (χ4n) is 0.185. The first-order valence-corrected chi connectivity index (χ1v) is 2.52. The normalized spacial score (nSPS) is 8.14. The molecular formula is C4H7O2S. The third kappa shape index (κ3) is 5.69. The monoisotopic (exact) mass is 119 g/mol. The van der Waals surface area contributed by atoms with E-state index in [1.807, 2.05) is 6.92 Å². The number of carbonyl (C=O) groups is 1. The molecule has 2 nitrogen and oxygen atoms in total. The first-order valence-electron chi connectivity index (χ1n) is 2.11. The highest BCUT2D eigenvalue weighted by Gasteiger charge is 1.89. The van der Waals surface area contributed by atoms with Gasteiger partial charge in [-0.1, -0.05) is 6.92 Å². The number of carbonyl (C=O) groups excluding carboxylic acids is 1. The first-order chi connectivity index (χ1) is 3.27. The topological polar surface area (TPSA) is 26.3 Å². The quantitative estimate of drug-likeness (QED) is 0.517. The van der Waals surface area contributed by atoms with Crippen molar-refractivity contribution < 1.29 is 9.53 Å². The zero-order valence-electron chi connectivity index (χ0n) is 4.14. The summed E-state index contributed by atoms with van der Waals surface area (Å²) in [6.07, 6.45) is 0.836. The van der Waals surface area contributed by atoms with Gasteiger partial charge in [0, 0.05) is 12.6 Å². The van der Waals surface area contributed by atoms with E-state index >= 15 is 0 Å². The van der Waals surface area contributed by atoms with E-state index in [0.29, 0.717) is 6.61 Å². The summed E-state index contributed by atoms with van der Waals surface area (Å²) in [5, 5.41) is -0.609. The lowest BCUT2D eigenvalue weighted by atomic mass is 10.5. The number of ether oxygens (including phenoxy) is 1. The van der Waals surface area contributed by atoms with Gasteiger partial charge >= 0.3 is 5.30 Å². The Morgan fingerprint density at radius 2 is 2.43 bits per heavy atom. The minimum Gasteiger partial charge on any atom is -0.454 e. The molecule has 0 spiro atoms. The lowest BCUT2D eigenvalue weighted by Gasteiger charge is -1.91. The molecule has 0 atom stereocenters. The van der Waals surface area contributed by atoms with E-state index in [0.717, 1.165) is 6.42 Å². The van der Waals surface area contributed by atoms with Crippen molar-refractivity contribution >= 4 is 17.9 Å². The van der Waals surface area contributed by atoms with E-state index in [4.69, 9.17) is 0 Å². The number of rotatable bonds is 2. The molecule has 0 aromatic heterocycles. The molecule has 0 aromatic rings. The molecule has 0 aliphatic rings. The molecule has 41 valence electrons. The zero-order valence-corrected chi connectivity index (χ0v) is 4.96. The molecule has 0 amide bonds. The van der Waals surface area contributed by atoms with Crippen molar-refractivity contribution in [2.45, 2.75) is 13.3 Å². The predicted molar refractivity (Wildman–Crippen MR) is 29.2 cm³/mol. The maximum absolute atomic E-state index is 9.80. The van der Waals surface area contributed by atoms with Gasteiger partial charge in [-0.3, -0.25) is 0 Å². The summed E-state index contributed by atoms with van der Waals surface area (Å²) >= 11 is 4.08. The molecule has 0 heterocycles. The van der Waals surface area contributed by atoms with Crippen LogP contribution in [0.2, 0.25) is 0 Å². The molecule has 0 rings (SSSR count). The van der Waals surface area contributed by atoms with E-state index in [-0.39, 0.29) is 0 Å². The predicted octanol–water partition coefficient (Wildman–Crippen LogP) is 1.73. The van der Waals surface area contributed by atoms with E-state index in [1.54, 1.807) is 0 Å². The minimum absolute atomic E-state index is 0.447. The molecule has 0 fully saturated rings. The van der Waals surface area contributed by atoms with Gasteiger partial charge in [-0.25, -0.2) is 4.79 Å². The van der Waals surface area contributed by atoms with Crippen LogP contribution in [-0.2, 0) is 4.74 Å². The second-order valence-corrected chi connectivity index (χ2v) is 1.43. The van der Waals surface area contributed by atoms with Crippen LogP contribution in [0.4, 0.5) is 4.79 Å². The Morgan fingerprint density at radius 3 is 2.57 bits per heavy atom. The highest BCUT2D eigenvalue weighted by atomic mass is 32.1. The molecule has 0 aliphatic heterocycles. The van der Waals surface area contributed by atoms with Crippen LogP contribution in [-0.4, -0.2) is 11.9 Å². The van der Waals surface area contributed by atoms with Crippen molar-refractivity contribution in [3.8, 4) is 0 Å². The summed E-state index contributed by atoms with van der Waals surface area (Å²) in [5.41, 5.74) is 0. The number of hydrogen-bond acceptors (Lipinski definition) is 2. The van der Waals surface area contributed by atoms with Crippen LogP contribution in [0.15, 0.2) is 0 Å². The maximum Gasteiger partial charge on any atom is 0.400 e. The van der Waals surface area contributed by atoms with Gasteiger partial charge in [-0.05, 0) is 6.42 Å². The lowest BCUT2D eigenvalue weighted by molar-refractivity contribution is 0.175. The molecule has 7 heavy (non-hydrogen) atoms. The second kappa shape index (κ2) is 3.87. The Kier molecular flexibility index (Phi) is 3.69. The van der Waals surface area contributed by atoms with Gasteiger partial charge in [0.2, 0.25) is 0 Å². The van der Waals surface area contributed by atoms with Crippen molar-refractivity contribution in [3.63, 3.8) is 0 Å². The first kappa shape index (κ1) is 6.69. The summed E-state index contributed by atoms with van der Waals surface area (Å²) in [6, 6.07) is 0. The summed E-state index contributed by atoms with van der Waals surface area (Å²) < 4.78 is 4.37. The highest BCUT2D eigenvalue weighted by Crippen LogP contribution is 1.86. The molecule has 0 saturated carbocycles. The Hall–Kier alpha value is -0.310. The van der Waals surface area contributed by atoms with Gasteiger partial charge in [-0.2, -0.15) is 0 Å². The van der Waals surface area contributed by atoms with Crippen LogP contribution >= 0.6 is 12.6 Å². The zero-order chi connectivity index (χ0) is 5.70. The van der Waals surface area contributed by atoms with Crippen molar-refractivity contribution in [1.29, 1.82) is 0 Å². The standard InChI is InChI=1S/C4H7O2S/c1-2-3-6-4(5)7/h2-3H2,1H3. The fourth-order valence-corrected chi connectivity index (χ4v) is 0.269. The fraction of sp³-hybridized carbons (Fsp3) is 0.750. The second-order valence-electron chi connectivity index (χ2n) is 1.10. The van der Waals surface area contributed by atoms with E-state index in [9.17, 15) is 4.79 Å². The SMILES string of the molecule is CCCOC(=O)[S]. The molecule has 1 radical (unpaired) electrons. The Morgan fingerprint density at radius 1 is 1.86 bits per heavy atom. The van der Waals surface area contributed by atoms with Crippen molar-refractivity contribution in [2.24, 2.45) is 0 Å². The maximum atomic E-state index is 9.80. The van der Waals surface area contributed by atoms with Crippen molar-refractivity contribution in [2.75, 3.05) is 6.61 Å². The average molecular weight is 119 g/mol. The van der Waals surface area contributed by atoms with E-state index < -0.39 is 5.30 Å². The highest BCUT2D eigenvalue weighted by molar-refractivity contribution is 7.96. The molecular weight excluding hydrogens is 112 g/mol. The van der Waals surface area contributed by atoms with Crippen molar-refractivity contribution in [3.05, 3.63) is 0 Å². The van der Waals surface area contributed by atoms with Crippen LogP contribution < -0.4 is 0 Å². The summed E-state index contributed by atoms with van der Waals surface area (Å²) in [5.74, 6) is 0. The Bertz CT molecular complexity index is 62.7. The molecule has 0 saturated heterocycles. The van der Waals surface area contributed by atoms with Crippen LogP contribution in [0.3, 0.4) is 0 Å². The van der Waals surface area contributed by atoms with Crippen LogP contribution in [0.25, 0.3) is 0 Å². The van der Waals surface area contributed by atoms with Gasteiger partial charge in [0.1, 0.15) is 0 Å². The van der Waals surface area contributed by atoms with Gasteiger partial charge in [0.15, 0.2) is 0 Å². The largest absolute Gasteiger partial charge is 0.454 e. The molecule has 3 heteroatoms. The average Bonchev–Trinajstić information content (AvgIpc) is 1.61. The van der Waals surface area contributed by atoms with Gasteiger partial charge < -0.3 is 4.74 Å². The van der Waals surface area contributed by atoms with Crippen molar-refractivity contribution in [1.82, 2.24) is 0 Å². The van der Waals surface area contributed by atoms with Crippen LogP contribution in [0, 0.1) is 0 Å². The smallest absolute Gasteiger partial charge is 0.400 e. The van der Waals surface area contributed by atoms with Gasteiger partial charge in [0.05, 0.1) is 6.61 Å². The molecule has 0 bridgehead atoms.